The van der Waals surface area contributed by atoms with Gasteiger partial charge in [-0.3, -0.25) is 19.4 Å². The molecule has 0 amide bonds. The summed E-state index contributed by atoms with van der Waals surface area (Å²) in [5.41, 5.74) is 0.847. The molecule has 0 heterocycles. The predicted molar refractivity (Wildman–Crippen MR) is 107 cm³/mol. The quantitative estimate of drug-likeness (QED) is 0.580. The molecule has 0 radical (unpaired) electrons. The summed E-state index contributed by atoms with van der Waals surface area (Å²) in [7, 11) is 1.26. The molecule has 0 bridgehead atoms. The minimum absolute atomic E-state index is 0.0857. The van der Waals surface area contributed by atoms with Crippen molar-refractivity contribution >= 4 is 28.9 Å². The number of hydrogen-bond donors (Lipinski definition) is 1. The summed E-state index contributed by atoms with van der Waals surface area (Å²) < 4.78 is 4.86. The van der Waals surface area contributed by atoms with E-state index in [0.29, 0.717) is 29.8 Å². The number of ketones is 2. The van der Waals surface area contributed by atoms with Crippen molar-refractivity contribution in [2.75, 3.05) is 7.11 Å². The number of aliphatic hydroxyl groups is 1. The third kappa shape index (κ3) is 4.38. The van der Waals surface area contributed by atoms with Crippen LogP contribution in [0.4, 0.5) is 5.69 Å². The maximum absolute atomic E-state index is 12.7. The van der Waals surface area contributed by atoms with Gasteiger partial charge in [0.2, 0.25) is 0 Å². The summed E-state index contributed by atoms with van der Waals surface area (Å²) in [4.78, 5) is 41.3. The van der Waals surface area contributed by atoms with Crippen molar-refractivity contribution in [3.8, 4) is 0 Å². The third-order valence-electron chi connectivity index (χ3n) is 4.93. The van der Waals surface area contributed by atoms with E-state index in [2.05, 4.69) is 4.99 Å². The number of carbonyl (C=O) groups is 3. The highest BCUT2D eigenvalue weighted by atomic mass is 16.5. The molecular weight excluding hydrogens is 358 g/mol. The van der Waals surface area contributed by atoms with Gasteiger partial charge in [-0.1, -0.05) is 32.9 Å². The van der Waals surface area contributed by atoms with E-state index in [4.69, 9.17) is 4.74 Å². The maximum Gasteiger partial charge on any atom is 0.316 e. The molecule has 28 heavy (non-hydrogen) atoms. The molecule has 0 saturated carbocycles. The van der Waals surface area contributed by atoms with E-state index in [9.17, 15) is 19.5 Å². The van der Waals surface area contributed by atoms with Crippen molar-refractivity contribution in [1.82, 2.24) is 0 Å². The Morgan fingerprint density at radius 3 is 2.54 bits per heavy atom. The summed E-state index contributed by atoms with van der Waals surface area (Å²) >= 11 is 0. The Balaban J connectivity index is 2.65. The van der Waals surface area contributed by atoms with Gasteiger partial charge in [0, 0.05) is 12.0 Å². The van der Waals surface area contributed by atoms with Crippen molar-refractivity contribution < 1.29 is 24.2 Å². The highest BCUT2D eigenvalue weighted by Crippen LogP contribution is 2.43. The van der Waals surface area contributed by atoms with E-state index in [1.807, 2.05) is 20.8 Å². The number of hydrogen-bond acceptors (Lipinski definition) is 6. The number of rotatable bonds is 6. The average molecular weight is 385 g/mol. The molecule has 1 aliphatic rings. The summed E-state index contributed by atoms with van der Waals surface area (Å²) in [5.74, 6) is -2.15. The van der Waals surface area contributed by atoms with Crippen LogP contribution in [0.2, 0.25) is 0 Å². The number of aliphatic imine (C=N–C) groups is 1. The van der Waals surface area contributed by atoms with Crippen LogP contribution in [0.3, 0.4) is 0 Å². The maximum atomic E-state index is 12.7. The van der Waals surface area contributed by atoms with Crippen LogP contribution in [0.5, 0.6) is 0 Å². The van der Waals surface area contributed by atoms with Gasteiger partial charge in [-0.25, -0.2) is 0 Å². The minimum Gasteiger partial charge on any atom is -0.511 e. The van der Waals surface area contributed by atoms with E-state index >= 15 is 0 Å². The van der Waals surface area contributed by atoms with E-state index in [1.165, 1.54) is 14.0 Å². The molecule has 1 aromatic rings. The normalized spacial score (nSPS) is 20.2. The zero-order valence-electron chi connectivity index (χ0n) is 17.0. The molecule has 6 heteroatoms. The molecule has 0 spiro atoms. The van der Waals surface area contributed by atoms with Crippen LogP contribution in [0.25, 0.3) is 0 Å². The molecule has 0 aliphatic heterocycles. The Labute approximate surface area is 165 Å². The molecule has 2 rings (SSSR count). The second-order valence-electron chi connectivity index (χ2n) is 7.72. The predicted octanol–water partition coefficient (Wildman–Crippen LogP) is 4.36. The van der Waals surface area contributed by atoms with Crippen molar-refractivity contribution in [3.63, 3.8) is 0 Å². The van der Waals surface area contributed by atoms with Crippen LogP contribution in [-0.2, 0) is 14.3 Å². The fraction of sp³-hybridized carbons (Fsp3) is 0.455. The first-order valence-corrected chi connectivity index (χ1v) is 9.35. The molecule has 0 saturated heterocycles. The number of carbonyl (C=O) groups excluding carboxylic acids is 3. The number of aliphatic hydroxyl groups excluding tert-OH is 1. The SMILES string of the molecule is CCCC(=O)C1=C(O)C(C(=O)OC)C(C)(C)CC1=Nc1cccc(C(C)=O)c1. The van der Waals surface area contributed by atoms with Gasteiger partial charge in [0.15, 0.2) is 11.6 Å². The molecule has 1 aromatic carbocycles. The zero-order valence-corrected chi connectivity index (χ0v) is 17.0. The van der Waals surface area contributed by atoms with E-state index in [-0.39, 0.29) is 29.3 Å². The summed E-state index contributed by atoms with van der Waals surface area (Å²) in [6, 6.07) is 6.80. The van der Waals surface area contributed by atoms with Crippen molar-refractivity contribution in [2.45, 2.75) is 47.0 Å². The summed E-state index contributed by atoms with van der Waals surface area (Å²) in [6.45, 7) is 6.99. The van der Waals surface area contributed by atoms with E-state index in [1.54, 1.807) is 24.3 Å². The average Bonchev–Trinajstić information content (AvgIpc) is 2.60. The Morgan fingerprint density at radius 1 is 1.29 bits per heavy atom. The molecule has 6 nitrogen and oxygen atoms in total. The Morgan fingerprint density at radius 2 is 1.96 bits per heavy atom. The monoisotopic (exact) mass is 385 g/mol. The summed E-state index contributed by atoms with van der Waals surface area (Å²) in [6.07, 6.45) is 1.15. The largest absolute Gasteiger partial charge is 0.511 e. The first kappa shape index (κ1) is 21.5. The van der Waals surface area contributed by atoms with E-state index < -0.39 is 17.3 Å². The lowest BCUT2D eigenvalue weighted by Gasteiger charge is -2.37. The number of allylic oxidation sites excluding steroid dienone is 1. The third-order valence-corrected chi connectivity index (χ3v) is 4.93. The van der Waals surface area contributed by atoms with Gasteiger partial charge in [-0.2, -0.15) is 0 Å². The second-order valence-corrected chi connectivity index (χ2v) is 7.72. The molecule has 1 N–H and O–H groups in total. The van der Waals surface area contributed by atoms with Gasteiger partial charge in [-0.15, -0.1) is 0 Å². The molecular formula is C22H27NO5. The lowest BCUT2D eigenvalue weighted by molar-refractivity contribution is -0.149. The number of ether oxygens (including phenoxy) is 1. The van der Waals surface area contributed by atoms with Crippen LogP contribution in [0, 0.1) is 11.3 Å². The minimum atomic E-state index is -0.934. The Hall–Kier alpha value is -2.76. The molecule has 1 aliphatic carbocycles. The van der Waals surface area contributed by atoms with Gasteiger partial charge in [-0.05, 0) is 37.3 Å². The standard InChI is InChI=1S/C22H27NO5/c1-6-8-17(25)18-16(23-15-10-7-9-14(11-15)13(2)24)12-22(3,4)19(20(18)26)21(27)28-5/h7,9-11,19,26H,6,8,12H2,1-5H3. The number of esters is 1. The molecule has 0 aromatic heterocycles. The van der Waals surface area contributed by atoms with Gasteiger partial charge in [0.05, 0.1) is 24.1 Å². The van der Waals surface area contributed by atoms with Crippen molar-refractivity contribution in [2.24, 2.45) is 16.3 Å². The first-order chi connectivity index (χ1) is 13.1. The smallest absolute Gasteiger partial charge is 0.316 e. The molecule has 0 fully saturated rings. The molecule has 150 valence electrons. The topological polar surface area (TPSA) is 93.0 Å². The second kappa shape index (κ2) is 8.50. The van der Waals surface area contributed by atoms with Crippen LogP contribution < -0.4 is 0 Å². The van der Waals surface area contributed by atoms with Crippen molar-refractivity contribution in [1.29, 1.82) is 0 Å². The Bertz CT molecular complexity index is 863. The number of nitrogens with zero attached hydrogens (tertiary/aromatic N) is 1. The Kier molecular flexibility index (Phi) is 6.54. The van der Waals surface area contributed by atoms with Gasteiger partial charge in [0.1, 0.15) is 11.7 Å². The van der Waals surface area contributed by atoms with Crippen molar-refractivity contribution in [3.05, 3.63) is 41.2 Å². The van der Waals surface area contributed by atoms with Gasteiger partial charge < -0.3 is 9.84 Å². The van der Waals surface area contributed by atoms with Crippen LogP contribution >= 0.6 is 0 Å². The number of Topliss-reactive ketones (excluding diaryl/α,β-unsaturated/α-hetero) is 2. The van der Waals surface area contributed by atoms with Crippen LogP contribution in [0.15, 0.2) is 40.6 Å². The van der Waals surface area contributed by atoms with Gasteiger partial charge >= 0.3 is 5.97 Å². The zero-order chi connectivity index (χ0) is 21.1. The first-order valence-electron chi connectivity index (χ1n) is 9.35. The lowest BCUT2D eigenvalue weighted by Crippen LogP contribution is -2.41. The highest BCUT2D eigenvalue weighted by Gasteiger charge is 2.47. The summed E-state index contributed by atoms with van der Waals surface area (Å²) in [5, 5.41) is 10.9. The number of benzene rings is 1. The van der Waals surface area contributed by atoms with Crippen LogP contribution in [0.1, 0.15) is 57.3 Å². The van der Waals surface area contributed by atoms with Gasteiger partial charge in [0.25, 0.3) is 0 Å². The fourth-order valence-electron chi connectivity index (χ4n) is 3.53. The highest BCUT2D eigenvalue weighted by molar-refractivity contribution is 6.24. The van der Waals surface area contributed by atoms with E-state index in [0.717, 1.165) is 0 Å². The van der Waals surface area contributed by atoms with Crippen LogP contribution in [-0.4, -0.2) is 35.5 Å². The molecule has 1 unspecified atom stereocenters. The number of methoxy groups -OCH3 is 1. The lowest BCUT2D eigenvalue weighted by atomic mass is 9.67. The molecule has 1 atom stereocenters. The fourth-order valence-corrected chi connectivity index (χ4v) is 3.53.